The molecule has 1 aromatic heterocycles. The summed E-state index contributed by atoms with van der Waals surface area (Å²) in [5.74, 6) is -7.45. The number of hydrogen-bond donors (Lipinski definition) is 5. The highest BCUT2D eigenvalue weighted by molar-refractivity contribution is 8.19. The Balaban J connectivity index is 1.39. The van der Waals surface area contributed by atoms with Crippen LogP contribution < -0.4 is 5.73 Å². The van der Waals surface area contributed by atoms with Gasteiger partial charge >= 0.3 is 11.9 Å². The lowest BCUT2D eigenvalue weighted by Crippen LogP contribution is -2.57. The number of carbonyl (C=O) groups excluding carboxylic acids is 4. The van der Waals surface area contributed by atoms with Crippen molar-refractivity contribution >= 4 is 92.5 Å². The number of nitrogens with zero attached hydrogens (tertiary/aromatic N) is 3. The molecule has 0 saturated carbocycles. The number of Topliss-reactive ketones (excluding diaryl/α,β-unsaturated/α-hetero) is 3. The molecule has 3 heterocycles. The molecule has 0 spiro atoms. The van der Waals surface area contributed by atoms with Crippen molar-refractivity contribution in [1.29, 1.82) is 0 Å². The van der Waals surface area contributed by atoms with E-state index in [2.05, 4.69) is 10.1 Å². The van der Waals surface area contributed by atoms with E-state index in [0.717, 1.165) is 47.0 Å². The number of fused-ring (bicyclic) bond motifs is 1. The fourth-order valence-electron chi connectivity index (χ4n) is 4.40. The van der Waals surface area contributed by atoms with Gasteiger partial charge in [0.1, 0.15) is 5.69 Å². The molecule has 0 aliphatic carbocycles. The van der Waals surface area contributed by atoms with Crippen molar-refractivity contribution in [3.05, 3.63) is 33.8 Å². The van der Waals surface area contributed by atoms with Crippen LogP contribution in [-0.4, -0.2) is 98.6 Å². The Hall–Kier alpha value is -3.87. The number of rotatable bonds is 15. The quantitative estimate of drug-likeness (QED) is 0.0338. The molecule has 2 fully saturated rings. The van der Waals surface area contributed by atoms with Gasteiger partial charge in [-0.1, -0.05) is 16.8 Å². The molecule has 4 rings (SSSR count). The summed E-state index contributed by atoms with van der Waals surface area (Å²) in [6.45, 7) is 2.29. The molecule has 6 N–H and O–H groups in total. The molecule has 46 heavy (non-hydrogen) atoms. The second-order valence-corrected chi connectivity index (χ2v) is 15.1. The van der Waals surface area contributed by atoms with E-state index in [1.165, 1.54) is 24.1 Å². The monoisotopic (exact) mass is 714 g/mol. The first kappa shape index (κ1) is 35.0. The first-order valence-corrected chi connectivity index (χ1v) is 16.5. The van der Waals surface area contributed by atoms with Gasteiger partial charge in [-0.05, 0) is 32.1 Å². The number of ketones is 3. The van der Waals surface area contributed by atoms with Crippen LogP contribution in [0.15, 0.2) is 22.7 Å². The number of nitrogens with two attached hydrogens (primary N) is 1. The first-order chi connectivity index (χ1) is 21.5. The predicted octanol–water partition coefficient (Wildman–Crippen LogP) is 2.61. The molecule has 2 aliphatic rings. The number of aromatic hydroxyl groups is 2. The maximum atomic E-state index is 13.3. The van der Waals surface area contributed by atoms with Crippen molar-refractivity contribution in [3.63, 3.8) is 0 Å². The fraction of sp³-hybridized carbons (Fsp3) is 0.407. The van der Waals surface area contributed by atoms with Crippen molar-refractivity contribution < 1.29 is 54.0 Å². The highest BCUT2D eigenvalue weighted by Gasteiger charge is 2.62. The highest BCUT2D eigenvalue weighted by Crippen LogP contribution is 2.55. The lowest BCUT2D eigenvalue weighted by Gasteiger charge is -2.41. The lowest BCUT2D eigenvalue weighted by atomic mass is 9.90. The molecule has 0 unspecified atom stereocenters. The molecule has 2 saturated heterocycles. The minimum absolute atomic E-state index is 0.0318. The molecular formula is C27H27ClN4O11S3. The van der Waals surface area contributed by atoms with Crippen LogP contribution >= 0.6 is 46.5 Å². The highest BCUT2D eigenvalue weighted by atomic mass is 35.5. The van der Waals surface area contributed by atoms with Crippen molar-refractivity contribution in [2.75, 3.05) is 18.0 Å². The number of carbonyl (C=O) groups is 6. The van der Waals surface area contributed by atoms with Crippen molar-refractivity contribution in [2.24, 2.45) is 11.1 Å². The molecule has 19 heteroatoms. The molecule has 2 aliphatic heterocycles. The SMILES string of the molecule is CC(C)(O/N=C(\C(=O)C[C@@H]1C(=O)N2C[C@](SCCCC(=O)C(=O)c3cc(O)c(O)cc3Cl)(C(=O)O)S[C@H]12)c1csc(N)n1)C(=O)O. The Bertz CT molecular complexity index is 1660. The van der Waals surface area contributed by atoms with Crippen LogP contribution in [-0.2, 0) is 28.8 Å². The zero-order chi connectivity index (χ0) is 34.1. The van der Waals surface area contributed by atoms with Crippen molar-refractivity contribution in [2.45, 2.75) is 48.2 Å². The maximum absolute atomic E-state index is 13.3. The predicted molar refractivity (Wildman–Crippen MR) is 168 cm³/mol. The number of thiazole rings is 1. The van der Waals surface area contributed by atoms with Gasteiger partial charge in [-0.3, -0.25) is 19.2 Å². The normalized spacial score (nSPS) is 21.0. The van der Waals surface area contributed by atoms with Crippen LogP contribution in [0.2, 0.25) is 5.02 Å². The van der Waals surface area contributed by atoms with Gasteiger partial charge in [-0.2, -0.15) is 0 Å². The number of phenolic OH excluding ortho intramolecular Hbond substituents is 2. The van der Waals surface area contributed by atoms with Crippen LogP contribution in [0, 0.1) is 5.92 Å². The van der Waals surface area contributed by atoms with E-state index in [4.69, 9.17) is 22.2 Å². The Morgan fingerprint density at radius 3 is 2.48 bits per heavy atom. The summed E-state index contributed by atoms with van der Waals surface area (Å²) in [6, 6.07) is 1.82. The molecular weight excluding hydrogens is 688 g/mol. The van der Waals surface area contributed by atoms with E-state index in [0.29, 0.717) is 0 Å². The van der Waals surface area contributed by atoms with Crippen LogP contribution in [0.1, 0.15) is 49.2 Å². The smallest absolute Gasteiger partial charge is 0.350 e. The molecule has 3 atom stereocenters. The van der Waals surface area contributed by atoms with Crippen molar-refractivity contribution in [1.82, 2.24) is 9.88 Å². The topological polar surface area (TPSA) is 247 Å². The third kappa shape index (κ3) is 7.08. The van der Waals surface area contributed by atoms with Gasteiger partial charge < -0.3 is 35.9 Å². The Morgan fingerprint density at radius 2 is 1.87 bits per heavy atom. The average Bonchev–Trinajstić information content (AvgIpc) is 3.57. The number of carboxylic acid groups (broad SMARTS) is 2. The summed E-state index contributed by atoms with van der Waals surface area (Å²) < 4.78 is -1.51. The number of aromatic nitrogens is 1. The lowest BCUT2D eigenvalue weighted by molar-refractivity contribution is -0.161. The Morgan fingerprint density at radius 1 is 1.20 bits per heavy atom. The van der Waals surface area contributed by atoms with E-state index in [9.17, 15) is 49.2 Å². The number of carboxylic acids is 2. The van der Waals surface area contributed by atoms with Gasteiger partial charge in [0.25, 0.3) is 0 Å². The number of halogens is 1. The summed E-state index contributed by atoms with van der Waals surface area (Å²) in [5, 5.41) is 43.0. The molecule has 246 valence electrons. The van der Waals surface area contributed by atoms with E-state index in [1.54, 1.807) is 0 Å². The number of phenols is 2. The van der Waals surface area contributed by atoms with E-state index in [-0.39, 0.29) is 58.7 Å². The minimum Gasteiger partial charge on any atom is -0.504 e. The second-order valence-electron chi connectivity index (χ2n) is 10.7. The molecule has 0 radical (unpaired) electrons. The minimum atomic E-state index is -1.78. The van der Waals surface area contributed by atoms with Gasteiger partial charge in [-0.25, -0.2) is 14.6 Å². The van der Waals surface area contributed by atoms with Crippen LogP contribution in [0.4, 0.5) is 5.13 Å². The third-order valence-electron chi connectivity index (χ3n) is 7.03. The van der Waals surface area contributed by atoms with Crippen LogP contribution in [0.5, 0.6) is 11.5 Å². The first-order valence-electron chi connectivity index (χ1n) is 13.4. The van der Waals surface area contributed by atoms with Crippen LogP contribution in [0.25, 0.3) is 0 Å². The third-order valence-corrected chi connectivity index (χ3v) is 11.4. The number of thioether (sulfide) groups is 2. The number of nitrogen functional groups attached to an aromatic ring is 1. The fourth-order valence-corrected chi connectivity index (χ4v) is 8.37. The molecule has 2 aromatic rings. The summed E-state index contributed by atoms with van der Waals surface area (Å²) in [4.78, 5) is 85.6. The molecule has 15 nitrogen and oxygen atoms in total. The zero-order valence-electron chi connectivity index (χ0n) is 24.1. The summed E-state index contributed by atoms with van der Waals surface area (Å²) in [7, 11) is 0. The number of aliphatic carboxylic acids is 2. The van der Waals surface area contributed by atoms with Gasteiger partial charge in [0.05, 0.1) is 22.9 Å². The average molecular weight is 715 g/mol. The zero-order valence-corrected chi connectivity index (χ0v) is 27.3. The Kier molecular flexibility index (Phi) is 10.2. The number of hydrogen-bond acceptors (Lipinski definition) is 15. The molecule has 0 bridgehead atoms. The standard InChI is InChI=1S/C27H27ClN4O11S3/c1-26(2,23(39)40)43-31-19(14-9-44-25(29)30-14)18(36)7-12-21(38)32-10-27(24(41)42,46-22(12)32)45-5-3-4-15(33)20(37)11-6-16(34)17(35)8-13(11)28/h6,8-9,12,22,34-35H,3-5,7,10H2,1-2H3,(H2,29,30)(H,39,40)(H,41,42)/b31-19-/t12-,22-,27-/m1/s1. The number of β-lactam (4-membered cyclic amide) rings is 1. The number of anilines is 1. The number of oxime groups is 1. The Labute approximate surface area is 278 Å². The van der Waals surface area contributed by atoms with Gasteiger partial charge in [0.15, 0.2) is 32.2 Å². The van der Waals surface area contributed by atoms with Gasteiger partial charge in [0, 0.05) is 29.9 Å². The second kappa shape index (κ2) is 13.5. The number of benzene rings is 1. The van der Waals surface area contributed by atoms with Crippen molar-refractivity contribution in [3.8, 4) is 11.5 Å². The summed E-state index contributed by atoms with van der Waals surface area (Å²) >= 11 is 8.89. The number of amides is 1. The van der Waals surface area contributed by atoms with Gasteiger partial charge in [-0.15, -0.1) is 34.9 Å². The maximum Gasteiger partial charge on any atom is 0.350 e. The van der Waals surface area contributed by atoms with Gasteiger partial charge in [0.2, 0.25) is 23.1 Å². The summed E-state index contributed by atoms with van der Waals surface area (Å²) in [6.07, 6.45) is -0.528. The summed E-state index contributed by atoms with van der Waals surface area (Å²) in [5.41, 5.74) is 3.32. The van der Waals surface area contributed by atoms with E-state index >= 15 is 0 Å². The van der Waals surface area contributed by atoms with E-state index < -0.39 is 67.7 Å². The van der Waals surface area contributed by atoms with Crippen LogP contribution in [0.3, 0.4) is 0 Å². The largest absolute Gasteiger partial charge is 0.504 e. The van der Waals surface area contributed by atoms with E-state index in [1.807, 2.05) is 0 Å². The molecule has 1 amide bonds. The molecule has 1 aromatic carbocycles.